The number of aromatic nitrogens is 2. The van der Waals surface area contributed by atoms with Gasteiger partial charge < -0.3 is 15.0 Å². The molecule has 0 aromatic carbocycles. The van der Waals surface area contributed by atoms with Crippen LogP contribution in [0.4, 0.5) is 0 Å². The van der Waals surface area contributed by atoms with Crippen LogP contribution in [-0.2, 0) is 22.6 Å². The molecular weight excluding hydrogens is 256 g/mol. The number of hydrogen-bond acceptors (Lipinski definition) is 5. The Kier molecular flexibility index (Phi) is 4.77. The number of esters is 1. The Morgan fingerprint density at radius 1 is 1.55 bits per heavy atom. The molecule has 0 radical (unpaired) electrons. The summed E-state index contributed by atoms with van der Waals surface area (Å²) in [5.41, 5.74) is 5.13. The second kappa shape index (κ2) is 6.37. The second-order valence-corrected chi connectivity index (χ2v) is 5.55. The van der Waals surface area contributed by atoms with E-state index in [-0.39, 0.29) is 5.97 Å². The standard InChI is InChI=1S/C14H24N4O2/c1-3-20-13(19)14(2,15)5-4-7-17-9-10-18-8-6-16-12(18)11-17/h6,8H,3-5,7,9-11,15H2,1-2H3. The van der Waals surface area contributed by atoms with E-state index in [1.165, 1.54) is 0 Å². The van der Waals surface area contributed by atoms with E-state index < -0.39 is 5.54 Å². The number of imidazole rings is 1. The van der Waals surface area contributed by atoms with E-state index in [1.54, 1.807) is 13.8 Å². The Balaban J connectivity index is 1.75. The van der Waals surface area contributed by atoms with Crippen molar-refractivity contribution >= 4 is 5.97 Å². The van der Waals surface area contributed by atoms with Gasteiger partial charge in [0.05, 0.1) is 13.2 Å². The first-order chi connectivity index (χ1) is 9.53. The largest absolute Gasteiger partial charge is 0.465 e. The topological polar surface area (TPSA) is 73.4 Å². The molecule has 1 aliphatic rings. The van der Waals surface area contributed by atoms with Crippen LogP contribution in [0.15, 0.2) is 12.4 Å². The van der Waals surface area contributed by atoms with E-state index in [0.717, 1.165) is 38.4 Å². The number of carbonyl (C=O) groups is 1. The summed E-state index contributed by atoms with van der Waals surface area (Å²) < 4.78 is 7.18. The molecule has 6 nitrogen and oxygen atoms in total. The molecule has 1 atom stereocenters. The maximum absolute atomic E-state index is 11.7. The molecule has 0 saturated carbocycles. The third-order valence-corrected chi connectivity index (χ3v) is 3.74. The minimum absolute atomic E-state index is 0.311. The van der Waals surface area contributed by atoms with Crippen molar-refractivity contribution in [2.45, 2.75) is 45.3 Å². The Bertz CT molecular complexity index is 456. The second-order valence-electron chi connectivity index (χ2n) is 5.55. The quantitative estimate of drug-likeness (QED) is 0.779. The Hall–Kier alpha value is -1.40. The van der Waals surface area contributed by atoms with Gasteiger partial charge in [-0.25, -0.2) is 4.98 Å². The molecule has 0 saturated heterocycles. The SMILES string of the molecule is CCOC(=O)C(C)(N)CCCN1CCn2ccnc2C1. The molecule has 2 heterocycles. The van der Waals surface area contributed by atoms with Gasteiger partial charge in [0.1, 0.15) is 11.4 Å². The normalized spacial score (nSPS) is 18.4. The Labute approximate surface area is 119 Å². The number of ether oxygens (including phenoxy) is 1. The zero-order chi connectivity index (χ0) is 14.6. The molecule has 6 heteroatoms. The molecule has 1 aliphatic heterocycles. The van der Waals surface area contributed by atoms with Gasteiger partial charge >= 0.3 is 5.97 Å². The van der Waals surface area contributed by atoms with Crippen molar-refractivity contribution in [1.82, 2.24) is 14.5 Å². The fourth-order valence-electron chi connectivity index (χ4n) is 2.48. The lowest BCUT2D eigenvalue weighted by Crippen LogP contribution is -2.46. The zero-order valence-electron chi connectivity index (χ0n) is 12.3. The van der Waals surface area contributed by atoms with Gasteiger partial charge in [0.25, 0.3) is 0 Å². The van der Waals surface area contributed by atoms with Crippen molar-refractivity contribution in [3.05, 3.63) is 18.2 Å². The van der Waals surface area contributed by atoms with E-state index in [4.69, 9.17) is 10.5 Å². The Morgan fingerprint density at radius 2 is 2.35 bits per heavy atom. The predicted octanol–water partition coefficient (Wildman–Crippen LogP) is 0.759. The molecule has 1 unspecified atom stereocenters. The van der Waals surface area contributed by atoms with Crippen LogP contribution in [0, 0.1) is 0 Å². The molecule has 0 spiro atoms. The van der Waals surface area contributed by atoms with Crippen molar-refractivity contribution in [2.75, 3.05) is 19.7 Å². The number of fused-ring (bicyclic) bond motifs is 1. The molecule has 0 fully saturated rings. The summed E-state index contributed by atoms with van der Waals surface area (Å²) in [7, 11) is 0. The monoisotopic (exact) mass is 280 g/mol. The van der Waals surface area contributed by atoms with Gasteiger partial charge in [-0.1, -0.05) is 0 Å². The first-order valence-corrected chi connectivity index (χ1v) is 7.21. The summed E-state index contributed by atoms with van der Waals surface area (Å²) >= 11 is 0. The molecule has 0 bridgehead atoms. The van der Waals surface area contributed by atoms with Crippen LogP contribution in [-0.4, -0.2) is 45.7 Å². The lowest BCUT2D eigenvalue weighted by atomic mass is 9.97. The van der Waals surface area contributed by atoms with Crippen LogP contribution in [0.5, 0.6) is 0 Å². The molecule has 1 aromatic heterocycles. The van der Waals surface area contributed by atoms with Gasteiger partial charge in [0.2, 0.25) is 0 Å². The molecule has 20 heavy (non-hydrogen) atoms. The lowest BCUT2D eigenvalue weighted by molar-refractivity contribution is -0.149. The summed E-state index contributed by atoms with van der Waals surface area (Å²) in [6, 6.07) is 0. The summed E-state index contributed by atoms with van der Waals surface area (Å²) in [5, 5.41) is 0. The summed E-state index contributed by atoms with van der Waals surface area (Å²) in [5.74, 6) is 0.798. The van der Waals surface area contributed by atoms with Crippen molar-refractivity contribution in [1.29, 1.82) is 0 Å². The fourth-order valence-corrected chi connectivity index (χ4v) is 2.48. The first kappa shape index (κ1) is 15.0. The van der Waals surface area contributed by atoms with Crippen molar-refractivity contribution in [2.24, 2.45) is 5.73 Å². The molecule has 2 rings (SSSR count). The maximum atomic E-state index is 11.7. The first-order valence-electron chi connectivity index (χ1n) is 7.21. The van der Waals surface area contributed by atoms with Gasteiger partial charge in [-0.05, 0) is 33.2 Å². The van der Waals surface area contributed by atoms with Gasteiger partial charge in [-0.2, -0.15) is 0 Å². The van der Waals surface area contributed by atoms with Crippen LogP contribution in [0.2, 0.25) is 0 Å². The van der Waals surface area contributed by atoms with E-state index in [9.17, 15) is 4.79 Å². The van der Waals surface area contributed by atoms with Crippen LogP contribution in [0.1, 0.15) is 32.5 Å². The van der Waals surface area contributed by atoms with E-state index in [0.29, 0.717) is 13.0 Å². The third-order valence-electron chi connectivity index (χ3n) is 3.74. The summed E-state index contributed by atoms with van der Waals surface area (Å²) in [4.78, 5) is 18.4. The third kappa shape index (κ3) is 3.58. The minimum Gasteiger partial charge on any atom is -0.465 e. The lowest BCUT2D eigenvalue weighted by Gasteiger charge is -2.29. The number of carbonyl (C=O) groups excluding carboxylic acids is 1. The van der Waals surface area contributed by atoms with Crippen LogP contribution in [0.3, 0.4) is 0 Å². The summed E-state index contributed by atoms with van der Waals surface area (Å²) in [6.07, 6.45) is 5.38. The number of hydrogen-bond donors (Lipinski definition) is 1. The molecule has 0 amide bonds. The van der Waals surface area contributed by atoms with Crippen LogP contribution < -0.4 is 5.73 Å². The van der Waals surface area contributed by atoms with E-state index in [2.05, 4.69) is 14.5 Å². The Morgan fingerprint density at radius 3 is 3.10 bits per heavy atom. The van der Waals surface area contributed by atoms with E-state index >= 15 is 0 Å². The maximum Gasteiger partial charge on any atom is 0.325 e. The van der Waals surface area contributed by atoms with Gasteiger partial charge in [-0.15, -0.1) is 0 Å². The molecule has 0 aliphatic carbocycles. The molecular formula is C14H24N4O2. The van der Waals surface area contributed by atoms with Crippen molar-refractivity contribution in [3.63, 3.8) is 0 Å². The van der Waals surface area contributed by atoms with Crippen molar-refractivity contribution in [3.8, 4) is 0 Å². The van der Waals surface area contributed by atoms with Gasteiger partial charge in [0, 0.05) is 25.5 Å². The number of rotatable bonds is 6. The highest BCUT2D eigenvalue weighted by atomic mass is 16.5. The summed E-state index contributed by atoms with van der Waals surface area (Å²) in [6.45, 7) is 7.71. The number of nitrogens with zero attached hydrogens (tertiary/aromatic N) is 3. The van der Waals surface area contributed by atoms with E-state index in [1.807, 2.05) is 12.4 Å². The highest BCUT2D eigenvalue weighted by Gasteiger charge is 2.29. The van der Waals surface area contributed by atoms with Crippen LogP contribution in [0.25, 0.3) is 0 Å². The van der Waals surface area contributed by atoms with Crippen LogP contribution >= 0.6 is 0 Å². The highest BCUT2D eigenvalue weighted by molar-refractivity contribution is 5.79. The average molecular weight is 280 g/mol. The molecule has 2 N–H and O–H groups in total. The zero-order valence-corrected chi connectivity index (χ0v) is 12.3. The number of nitrogens with two attached hydrogens (primary N) is 1. The molecule has 1 aromatic rings. The van der Waals surface area contributed by atoms with Gasteiger partial charge in [0.15, 0.2) is 0 Å². The predicted molar refractivity (Wildman–Crippen MR) is 76.0 cm³/mol. The minimum atomic E-state index is -0.885. The molecule has 112 valence electrons. The smallest absolute Gasteiger partial charge is 0.325 e. The van der Waals surface area contributed by atoms with Crippen molar-refractivity contribution < 1.29 is 9.53 Å². The van der Waals surface area contributed by atoms with Gasteiger partial charge in [-0.3, -0.25) is 9.69 Å². The highest BCUT2D eigenvalue weighted by Crippen LogP contribution is 2.15. The average Bonchev–Trinajstić information content (AvgIpc) is 2.86. The fraction of sp³-hybridized carbons (Fsp3) is 0.714.